The number of halogens is 2. The summed E-state index contributed by atoms with van der Waals surface area (Å²) < 4.78 is 9.27. The average Bonchev–Trinajstić information content (AvgIpc) is 0.811. The van der Waals surface area contributed by atoms with Gasteiger partial charge in [-0.2, -0.15) is 0 Å². The molecule has 0 saturated carbocycles. The maximum atomic E-state index is 9.27. The second kappa shape index (κ2) is 5.21. The molecule has 0 aromatic rings. The normalized spacial score (nSPS) is 5.20. The summed E-state index contributed by atoms with van der Waals surface area (Å²) in [6.07, 6.45) is 0. The van der Waals surface area contributed by atoms with Crippen molar-refractivity contribution in [3.05, 3.63) is 0 Å². The number of hydrogen-bond acceptors (Lipinski definition) is 1. The third kappa shape index (κ3) is 36.7. The van der Waals surface area contributed by atoms with E-state index in [0.29, 0.717) is 0 Å². The van der Waals surface area contributed by atoms with E-state index in [-0.39, 0.29) is 5.48 Å². The van der Waals surface area contributed by atoms with Crippen LogP contribution in [-0.2, 0) is 21.9 Å². The molecule has 0 bridgehead atoms. The molecule has 0 aliphatic rings. The molecule has 0 rings (SSSR count). The van der Waals surface area contributed by atoms with Crippen molar-refractivity contribution in [2.45, 2.75) is 0 Å². The molecule has 0 radical (unpaired) electrons. The van der Waals surface area contributed by atoms with Gasteiger partial charge in [-0.25, -0.2) is 0 Å². The fraction of sp³-hybridized carbons (Fsp3) is 0. The Hall–Kier alpha value is 1.21. The Bertz CT molecular complexity index is 30.6. The zero-order chi connectivity index (χ0) is 3.58. The van der Waals surface area contributed by atoms with Crippen molar-refractivity contribution < 1.29 is 27.4 Å². The first kappa shape index (κ1) is 9.51. The zero-order valence-electron chi connectivity index (χ0n) is 2.16. The summed E-state index contributed by atoms with van der Waals surface area (Å²) in [6.45, 7) is 0. The van der Waals surface area contributed by atoms with E-state index in [1.807, 2.05) is 0 Å². The minimum absolute atomic E-state index is 0. The summed E-state index contributed by atoms with van der Waals surface area (Å²) in [7, 11) is 9.40. The van der Waals surface area contributed by atoms with Crippen LogP contribution in [0.4, 0.5) is 0 Å². The van der Waals surface area contributed by atoms with Gasteiger partial charge in [0.25, 0.3) is 0 Å². The van der Waals surface area contributed by atoms with Gasteiger partial charge < -0.3 is 5.48 Å². The van der Waals surface area contributed by atoms with Crippen molar-refractivity contribution >= 4 is 17.2 Å². The molecule has 0 aliphatic carbocycles. The molecular weight excluding hydrogens is 281 g/mol. The SMILES string of the molecule is O.[O]=[Hf]([Cl])[Cl]. The van der Waals surface area contributed by atoms with Crippen molar-refractivity contribution in [1.29, 1.82) is 0 Å². The molecule has 0 amide bonds. The summed E-state index contributed by atoms with van der Waals surface area (Å²) >= 11 is -2.96. The van der Waals surface area contributed by atoms with Crippen LogP contribution in [0, 0.1) is 0 Å². The van der Waals surface area contributed by atoms with E-state index in [4.69, 9.17) is 17.2 Å². The first-order valence-corrected chi connectivity index (χ1v) is 11.0. The molecular formula is H2Cl2HfO2. The van der Waals surface area contributed by atoms with Gasteiger partial charge in [0.15, 0.2) is 0 Å². The first-order chi connectivity index (χ1) is 1.73. The van der Waals surface area contributed by atoms with Crippen LogP contribution in [0.1, 0.15) is 0 Å². The molecule has 2 nitrogen and oxygen atoms in total. The summed E-state index contributed by atoms with van der Waals surface area (Å²) in [5.74, 6) is 0. The Balaban J connectivity index is 0. The molecule has 0 heterocycles. The van der Waals surface area contributed by atoms with Crippen LogP contribution in [0.15, 0.2) is 0 Å². The van der Waals surface area contributed by atoms with E-state index in [1.54, 1.807) is 0 Å². The van der Waals surface area contributed by atoms with Gasteiger partial charge in [-0.05, 0) is 0 Å². The molecule has 0 aromatic heterocycles. The molecule has 5 heavy (non-hydrogen) atoms. The van der Waals surface area contributed by atoms with Crippen LogP contribution in [0.3, 0.4) is 0 Å². The number of rotatable bonds is 0. The zero-order valence-corrected chi connectivity index (χ0v) is 7.27. The van der Waals surface area contributed by atoms with Gasteiger partial charge in [0.1, 0.15) is 0 Å². The van der Waals surface area contributed by atoms with Crippen molar-refractivity contribution in [3.8, 4) is 0 Å². The Labute approximate surface area is 44.5 Å². The molecule has 0 spiro atoms. The molecule has 0 aliphatic heterocycles. The quantitative estimate of drug-likeness (QED) is 0.595. The Morgan fingerprint density at radius 1 is 1.40 bits per heavy atom. The number of hydrogen-bond donors (Lipinski definition) is 0. The van der Waals surface area contributed by atoms with Crippen molar-refractivity contribution in [2.75, 3.05) is 0 Å². The van der Waals surface area contributed by atoms with Crippen LogP contribution in [0.5, 0.6) is 0 Å². The van der Waals surface area contributed by atoms with Gasteiger partial charge in [0.2, 0.25) is 0 Å². The van der Waals surface area contributed by atoms with Crippen LogP contribution in [-0.4, -0.2) is 5.48 Å². The Kier molecular flexibility index (Phi) is 9.91. The fourth-order valence-electron chi connectivity index (χ4n) is 0. The van der Waals surface area contributed by atoms with Gasteiger partial charge in [0, 0.05) is 0 Å². The van der Waals surface area contributed by atoms with Gasteiger partial charge in [-0.1, -0.05) is 0 Å². The Morgan fingerprint density at radius 2 is 1.40 bits per heavy atom. The topological polar surface area (TPSA) is 48.6 Å². The third-order valence-electron chi connectivity index (χ3n) is 0. The second-order valence-electron chi connectivity index (χ2n) is 0.226. The van der Waals surface area contributed by atoms with Crippen LogP contribution < -0.4 is 0 Å². The molecule has 0 aromatic carbocycles. The van der Waals surface area contributed by atoms with E-state index >= 15 is 0 Å². The molecule has 32 valence electrons. The molecule has 0 saturated heterocycles. The standard InChI is InChI=1S/2ClH.Hf.H2O.O/h2*1H;;1H2;/q;;+2;;/p-2. The second-order valence-corrected chi connectivity index (χ2v) is 9.05. The molecule has 2 N–H and O–H groups in total. The molecule has 0 unspecified atom stereocenters. The van der Waals surface area contributed by atoms with Crippen LogP contribution in [0.25, 0.3) is 0 Å². The third-order valence-corrected chi connectivity index (χ3v) is 0. The Morgan fingerprint density at radius 3 is 1.40 bits per heavy atom. The van der Waals surface area contributed by atoms with Crippen molar-refractivity contribution in [3.63, 3.8) is 0 Å². The molecule has 0 fully saturated rings. The monoisotopic (exact) mass is 284 g/mol. The van der Waals surface area contributed by atoms with E-state index in [0.717, 1.165) is 0 Å². The predicted molar refractivity (Wildman–Crippen MR) is 16.0 cm³/mol. The van der Waals surface area contributed by atoms with E-state index in [1.165, 1.54) is 0 Å². The van der Waals surface area contributed by atoms with Crippen molar-refractivity contribution in [1.82, 2.24) is 0 Å². The van der Waals surface area contributed by atoms with E-state index in [2.05, 4.69) is 0 Å². The summed E-state index contributed by atoms with van der Waals surface area (Å²) in [5.41, 5.74) is 0. The van der Waals surface area contributed by atoms with Gasteiger partial charge in [0.05, 0.1) is 0 Å². The summed E-state index contributed by atoms with van der Waals surface area (Å²) in [6, 6.07) is 0. The van der Waals surface area contributed by atoms with E-state index < -0.39 is 19.1 Å². The summed E-state index contributed by atoms with van der Waals surface area (Å²) in [4.78, 5) is 0. The van der Waals surface area contributed by atoms with Crippen LogP contribution in [0.2, 0.25) is 0 Å². The average molecular weight is 283 g/mol. The van der Waals surface area contributed by atoms with Gasteiger partial charge >= 0.3 is 39.1 Å². The minimum atomic E-state index is -2.96. The predicted octanol–water partition coefficient (Wildman–Crippen LogP) is 0.433. The van der Waals surface area contributed by atoms with Gasteiger partial charge in [-0.15, -0.1) is 0 Å². The molecule has 0 atom stereocenters. The first-order valence-electron chi connectivity index (χ1n) is 0.582. The van der Waals surface area contributed by atoms with E-state index in [9.17, 15) is 2.85 Å². The fourth-order valence-corrected chi connectivity index (χ4v) is 0. The van der Waals surface area contributed by atoms with Gasteiger partial charge in [-0.3, -0.25) is 0 Å². The van der Waals surface area contributed by atoms with Crippen molar-refractivity contribution in [2.24, 2.45) is 0 Å². The summed E-state index contributed by atoms with van der Waals surface area (Å²) in [5, 5.41) is 0. The van der Waals surface area contributed by atoms with Crippen LogP contribution >= 0.6 is 17.2 Å². The molecule has 5 heteroatoms. The maximum absolute atomic E-state index is 9.27.